The molecule has 4 rings (SSSR count). The van der Waals surface area contributed by atoms with Gasteiger partial charge in [-0.3, -0.25) is 9.69 Å². The molecular weight excluding hydrogens is 376 g/mol. The van der Waals surface area contributed by atoms with Gasteiger partial charge < -0.3 is 19.9 Å². The molecule has 3 aliphatic rings. The third-order valence-electron chi connectivity index (χ3n) is 6.82. The van der Waals surface area contributed by atoms with Crippen LogP contribution in [0.25, 0.3) is 0 Å². The molecule has 2 heterocycles. The average molecular weight is 415 g/mol. The van der Waals surface area contributed by atoms with Crippen LogP contribution < -0.4 is 10.2 Å². The maximum Gasteiger partial charge on any atom is 0.238 e. The Balaban J connectivity index is 1.20. The number of nitrogens with zero attached hydrogens (tertiary/aromatic N) is 3. The Morgan fingerprint density at radius 3 is 2.33 bits per heavy atom. The zero-order chi connectivity index (χ0) is 20.6. The summed E-state index contributed by atoms with van der Waals surface area (Å²) in [5.41, 5.74) is 2.08. The number of rotatable bonds is 6. The molecule has 6 nitrogen and oxygen atoms in total. The fourth-order valence-electron chi connectivity index (χ4n) is 5.08. The number of anilines is 2. The maximum absolute atomic E-state index is 12.6. The number of nitrogens with one attached hydrogen (secondary N) is 1. The first-order valence-corrected chi connectivity index (χ1v) is 11.9. The van der Waals surface area contributed by atoms with Crippen molar-refractivity contribution in [1.29, 1.82) is 0 Å². The SMILES string of the molecule is O=C(CN1CCCN(CC2CCCCC2)CC1)Nc1ccc(N2CCOCC2)cc1. The van der Waals surface area contributed by atoms with Gasteiger partial charge in [-0.05, 0) is 62.5 Å². The van der Waals surface area contributed by atoms with Crippen LogP contribution in [-0.4, -0.2) is 81.3 Å². The highest BCUT2D eigenvalue weighted by Crippen LogP contribution is 2.25. The Labute approximate surface area is 181 Å². The van der Waals surface area contributed by atoms with Crippen LogP contribution in [0, 0.1) is 5.92 Å². The monoisotopic (exact) mass is 414 g/mol. The molecule has 0 unspecified atom stereocenters. The van der Waals surface area contributed by atoms with E-state index in [4.69, 9.17) is 4.74 Å². The Morgan fingerprint density at radius 1 is 0.867 bits per heavy atom. The van der Waals surface area contributed by atoms with E-state index in [1.54, 1.807) is 0 Å². The molecule has 3 fully saturated rings. The van der Waals surface area contributed by atoms with E-state index in [1.807, 2.05) is 12.1 Å². The second kappa shape index (κ2) is 11.1. The van der Waals surface area contributed by atoms with Crippen LogP contribution in [0.3, 0.4) is 0 Å². The second-order valence-corrected chi connectivity index (χ2v) is 9.13. The lowest BCUT2D eigenvalue weighted by Crippen LogP contribution is -2.37. The van der Waals surface area contributed by atoms with E-state index in [9.17, 15) is 4.79 Å². The molecule has 1 saturated carbocycles. The molecule has 1 amide bonds. The third kappa shape index (κ3) is 6.43. The Morgan fingerprint density at radius 2 is 1.57 bits per heavy atom. The molecule has 0 bridgehead atoms. The van der Waals surface area contributed by atoms with Gasteiger partial charge in [-0.1, -0.05) is 19.3 Å². The quantitative estimate of drug-likeness (QED) is 0.775. The normalized spacial score (nSPS) is 22.6. The first-order valence-electron chi connectivity index (χ1n) is 11.9. The van der Waals surface area contributed by atoms with E-state index in [0.29, 0.717) is 6.54 Å². The minimum atomic E-state index is 0.0925. The number of hydrogen-bond donors (Lipinski definition) is 1. The first kappa shape index (κ1) is 21.6. The van der Waals surface area contributed by atoms with Crippen molar-refractivity contribution in [3.63, 3.8) is 0 Å². The zero-order valence-electron chi connectivity index (χ0n) is 18.4. The highest BCUT2D eigenvalue weighted by atomic mass is 16.5. The van der Waals surface area contributed by atoms with Crippen molar-refractivity contribution >= 4 is 17.3 Å². The summed E-state index contributed by atoms with van der Waals surface area (Å²) >= 11 is 0. The summed E-state index contributed by atoms with van der Waals surface area (Å²) in [6.45, 7) is 9.46. The van der Waals surface area contributed by atoms with E-state index in [2.05, 4.69) is 32.1 Å². The molecule has 0 atom stereocenters. The molecular formula is C24H38N4O2. The van der Waals surface area contributed by atoms with Gasteiger partial charge in [0.15, 0.2) is 0 Å². The van der Waals surface area contributed by atoms with Crippen molar-refractivity contribution in [2.45, 2.75) is 38.5 Å². The van der Waals surface area contributed by atoms with Crippen LogP contribution in [0.2, 0.25) is 0 Å². The molecule has 2 saturated heterocycles. The van der Waals surface area contributed by atoms with E-state index in [0.717, 1.165) is 64.0 Å². The Kier molecular flexibility index (Phi) is 8.01. The number of morpholine rings is 1. The van der Waals surface area contributed by atoms with Crippen LogP contribution in [0.15, 0.2) is 24.3 Å². The number of carbonyl (C=O) groups is 1. The van der Waals surface area contributed by atoms with Gasteiger partial charge in [-0.15, -0.1) is 0 Å². The molecule has 1 aliphatic carbocycles. The molecule has 6 heteroatoms. The first-order chi connectivity index (χ1) is 14.8. The van der Waals surface area contributed by atoms with Gasteiger partial charge in [0.05, 0.1) is 19.8 Å². The third-order valence-corrected chi connectivity index (χ3v) is 6.82. The van der Waals surface area contributed by atoms with Crippen LogP contribution >= 0.6 is 0 Å². The topological polar surface area (TPSA) is 48.1 Å². The van der Waals surface area contributed by atoms with Gasteiger partial charge in [0, 0.05) is 44.1 Å². The zero-order valence-corrected chi connectivity index (χ0v) is 18.4. The fourth-order valence-corrected chi connectivity index (χ4v) is 5.08. The minimum Gasteiger partial charge on any atom is -0.378 e. The van der Waals surface area contributed by atoms with E-state index < -0.39 is 0 Å². The van der Waals surface area contributed by atoms with Gasteiger partial charge in [-0.25, -0.2) is 0 Å². The number of ether oxygens (including phenoxy) is 1. The number of hydrogen-bond acceptors (Lipinski definition) is 5. The fraction of sp³-hybridized carbons (Fsp3) is 0.708. The van der Waals surface area contributed by atoms with E-state index in [-0.39, 0.29) is 5.91 Å². The largest absolute Gasteiger partial charge is 0.378 e. The van der Waals surface area contributed by atoms with Crippen molar-refractivity contribution in [3.05, 3.63) is 24.3 Å². The molecule has 0 spiro atoms. The molecule has 2 aliphatic heterocycles. The van der Waals surface area contributed by atoms with Gasteiger partial charge >= 0.3 is 0 Å². The van der Waals surface area contributed by atoms with Gasteiger partial charge in [-0.2, -0.15) is 0 Å². The van der Waals surface area contributed by atoms with Crippen molar-refractivity contribution < 1.29 is 9.53 Å². The standard InChI is InChI=1S/C24H38N4O2/c29-24(25-22-7-9-23(10-8-22)28-15-17-30-18-16-28)20-27-12-4-11-26(13-14-27)19-21-5-2-1-3-6-21/h7-10,21H,1-6,11-20H2,(H,25,29). The number of benzene rings is 1. The highest BCUT2D eigenvalue weighted by molar-refractivity contribution is 5.92. The molecule has 30 heavy (non-hydrogen) atoms. The van der Waals surface area contributed by atoms with Crippen molar-refractivity contribution in [2.75, 3.05) is 75.8 Å². The van der Waals surface area contributed by atoms with Gasteiger partial charge in [0.2, 0.25) is 5.91 Å². The molecule has 1 aromatic rings. The summed E-state index contributed by atoms with van der Waals surface area (Å²) in [6, 6.07) is 8.21. The second-order valence-electron chi connectivity index (χ2n) is 9.13. The van der Waals surface area contributed by atoms with Crippen molar-refractivity contribution in [3.8, 4) is 0 Å². The van der Waals surface area contributed by atoms with E-state index >= 15 is 0 Å². The lowest BCUT2D eigenvalue weighted by atomic mass is 9.89. The van der Waals surface area contributed by atoms with Crippen molar-refractivity contribution in [1.82, 2.24) is 9.80 Å². The molecule has 0 aromatic heterocycles. The lowest BCUT2D eigenvalue weighted by molar-refractivity contribution is -0.117. The lowest BCUT2D eigenvalue weighted by Gasteiger charge is -2.29. The molecule has 0 radical (unpaired) electrons. The Bertz CT molecular complexity index is 654. The summed E-state index contributed by atoms with van der Waals surface area (Å²) in [7, 11) is 0. The van der Waals surface area contributed by atoms with Crippen LogP contribution in [0.1, 0.15) is 38.5 Å². The summed E-state index contributed by atoms with van der Waals surface area (Å²) in [6.07, 6.45) is 8.24. The smallest absolute Gasteiger partial charge is 0.238 e. The molecule has 1 N–H and O–H groups in total. The predicted molar refractivity (Wildman–Crippen MR) is 122 cm³/mol. The summed E-state index contributed by atoms with van der Waals surface area (Å²) in [5.74, 6) is 0.990. The Hall–Kier alpha value is -1.63. The summed E-state index contributed by atoms with van der Waals surface area (Å²) in [4.78, 5) is 19.9. The number of carbonyl (C=O) groups excluding carboxylic acids is 1. The number of amides is 1. The molecule has 1 aromatic carbocycles. The van der Waals surface area contributed by atoms with Gasteiger partial charge in [0.1, 0.15) is 0 Å². The minimum absolute atomic E-state index is 0.0925. The highest BCUT2D eigenvalue weighted by Gasteiger charge is 2.21. The van der Waals surface area contributed by atoms with Crippen LogP contribution in [0.4, 0.5) is 11.4 Å². The summed E-state index contributed by atoms with van der Waals surface area (Å²) < 4.78 is 5.42. The maximum atomic E-state index is 12.6. The van der Waals surface area contributed by atoms with Crippen LogP contribution in [0.5, 0.6) is 0 Å². The van der Waals surface area contributed by atoms with E-state index in [1.165, 1.54) is 50.9 Å². The van der Waals surface area contributed by atoms with Crippen molar-refractivity contribution in [2.24, 2.45) is 5.92 Å². The summed E-state index contributed by atoms with van der Waals surface area (Å²) in [5, 5.41) is 3.08. The van der Waals surface area contributed by atoms with Crippen LogP contribution in [-0.2, 0) is 9.53 Å². The van der Waals surface area contributed by atoms with Gasteiger partial charge in [0.25, 0.3) is 0 Å². The average Bonchev–Trinajstić information content (AvgIpc) is 3.00. The predicted octanol–water partition coefficient (Wildman–Crippen LogP) is 3.05. The molecule has 166 valence electrons.